The van der Waals surface area contributed by atoms with Gasteiger partial charge in [0.05, 0.1) is 23.0 Å². The van der Waals surface area contributed by atoms with Gasteiger partial charge < -0.3 is 4.90 Å². The Hall–Kier alpha value is -3.04. The molecule has 104 valence electrons. The Balaban J connectivity index is 2.32. The first-order chi connectivity index (χ1) is 10.3. The van der Waals surface area contributed by atoms with Crippen molar-refractivity contribution in [1.29, 1.82) is 15.8 Å². The molecule has 0 spiro atoms. The van der Waals surface area contributed by atoms with E-state index in [1.165, 1.54) is 6.42 Å². The number of hydrogen-bond acceptors (Lipinski definition) is 6. The van der Waals surface area contributed by atoms with Crippen LogP contribution in [0.2, 0.25) is 0 Å². The quantitative estimate of drug-likeness (QED) is 0.676. The molecule has 0 aromatic heterocycles. The van der Waals surface area contributed by atoms with Gasteiger partial charge in [-0.25, -0.2) is 0 Å². The topological polar surface area (TPSA) is 99.0 Å². The normalized spacial score (nSPS) is 13.5. The van der Waals surface area contributed by atoms with Crippen molar-refractivity contribution < 1.29 is 0 Å². The summed E-state index contributed by atoms with van der Waals surface area (Å²) in [6, 6.07) is 10.8. The SMILES string of the molecule is N#CC(C#N)=NNc1cc(C#N)ccc1N1CCCCC1. The van der Waals surface area contributed by atoms with Crippen molar-refractivity contribution in [1.82, 2.24) is 0 Å². The molecule has 1 heterocycles. The predicted molar refractivity (Wildman–Crippen MR) is 79.5 cm³/mol. The largest absolute Gasteiger partial charge is 0.370 e. The van der Waals surface area contributed by atoms with Gasteiger partial charge in [-0.1, -0.05) is 0 Å². The van der Waals surface area contributed by atoms with E-state index in [1.54, 1.807) is 24.3 Å². The molecule has 6 heteroatoms. The molecule has 1 fully saturated rings. The zero-order chi connectivity index (χ0) is 15.1. The van der Waals surface area contributed by atoms with Gasteiger partial charge in [0.2, 0.25) is 5.71 Å². The van der Waals surface area contributed by atoms with E-state index in [0.29, 0.717) is 11.3 Å². The molecule has 1 saturated heterocycles. The molecule has 0 saturated carbocycles. The van der Waals surface area contributed by atoms with E-state index in [4.69, 9.17) is 15.8 Å². The van der Waals surface area contributed by atoms with Gasteiger partial charge in [-0.3, -0.25) is 5.43 Å². The van der Waals surface area contributed by atoms with Crippen molar-refractivity contribution in [3.05, 3.63) is 23.8 Å². The van der Waals surface area contributed by atoms with Gasteiger partial charge in [-0.2, -0.15) is 20.9 Å². The molecule has 0 amide bonds. The Bertz CT molecular complexity index is 649. The van der Waals surface area contributed by atoms with Gasteiger partial charge in [-0.05, 0) is 37.5 Å². The molecule has 1 aliphatic heterocycles. The van der Waals surface area contributed by atoms with Crippen LogP contribution in [0.5, 0.6) is 0 Å². The van der Waals surface area contributed by atoms with Crippen LogP contribution in [0.4, 0.5) is 11.4 Å². The maximum absolute atomic E-state index is 9.00. The second-order valence-electron chi connectivity index (χ2n) is 4.69. The molecule has 21 heavy (non-hydrogen) atoms. The number of anilines is 2. The lowest BCUT2D eigenvalue weighted by Crippen LogP contribution is -2.29. The third-order valence-corrected chi connectivity index (χ3v) is 3.32. The summed E-state index contributed by atoms with van der Waals surface area (Å²) in [4.78, 5) is 2.22. The smallest absolute Gasteiger partial charge is 0.237 e. The number of nitrogens with zero attached hydrogens (tertiary/aromatic N) is 5. The van der Waals surface area contributed by atoms with E-state index in [0.717, 1.165) is 31.6 Å². The minimum atomic E-state index is -0.248. The standard InChI is InChI=1S/C15H14N6/c16-9-12-4-5-15(21-6-2-1-3-7-21)14(8-12)20-19-13(10-17)11-18/h4-5,8,20H,1-3,6-7H2. The second kappa shape index (κ2) is 6.93. The summed E-state index contributed by atoms with van der Waals surface area (Å²) >= 11 is 0. The number of benzene rings is 1. The predicted octanol–water partition coefficient (Wildman–Crippen LogP) is 2.36. The Morgan fingerprint density at radius 1 is 1.10 bits per heavy atom. The number of rotatable bonds is 3. The highest BCUT2D eigenvalue weighted by molar-refractivity contribution is 6.10. The average molecular weight is 278 g/mol. The Morgan fingerprint density at radius 2 is 1.81 bits per heavy atom. The lowest BCUT2D eigenvalue weighted by molar-refractivity contribution is 0.578. The fourth-order valence-electron chi connectivity index (χ4n) is 2.30. The summed E-state index contributed by atoms with van der Waals surface area (Å²) < 4.78 is 0. The van der Waals surface area contributed by atoms with E-state index in [-0.39, 0.29) is 5.71 Å². The third kappa shape index (κ3) is 3.49. The molecule has 0 atom stereocenters. The highest BCUT2D eigenvalue weighted by atomic mass is 15.3. The average Bonchev–Trinajstić information content (AvgIpc) is 2.56. The van der Waals surface area contributed by atoms with Crippen LogP contribution < -0.4 is 10.3 Å². The molecule has 0 unspecified atom stereocenters. The van der Waals surface area contributed by atoms with Crippen LogP contribution in [-0.2, 0) is 0 Å². The summed E-state index contributed by atoms with van der Waals surface area (Å²) in [5, 5.41) is 30.2. The molecule has 1 aromatic rings. The van der Waals surface area contributed by atoms with Gasteiger partial charge in [0.25, 0.3) is 0 Å². The van der Waals surface area contributed by atoms with Crippen molar-refractivity contribution in [3.63, 3.8) is 0 Å². The van der Waals surface area contributed by atoms with E-state index in [1.807, 2.05) is 6.07 Å². The molecular weight excluding hydrogens is 264 g/mol. The van der Waals surface area contributed by atoms with Gasteiger partial charge in [0, 0.05) is 13.1 Å². The van der Waals surface area contributed by atoms with Crippen molar-refractivity contribution in [2.24, 2.45) is 5.10 Å². The Labute approximate surface area is 123 Å². The molecule has 0 bridgehead atoms. The maximum atomic E-state index is 9.00. The van der Waals surface area contributed by atoms with Crippen LogP contribution in [-0.4, -0.2) is 18.8 Å². The molecule has 2 rings (SSSR count). The zero-order valence-electron chi connectivity index (χ0n) is 11.5. The number of nitrogens with one attached hydrogen (secondary N) is 1. The second-order valence-corrected chi connectivity index (χ2v) is 4.69. The highest BCUT2D eigenvalue weighted by Gasteiger charge is 2.15. The van der Waals surface area contributed by atoms with E-state index >= 15 is 0 Å². The van der Waals surface area contributed by atoms with Crippen LogP contribution in [0.1, 0.15) is 24.8 Å². The van der Waals surface area contributed by atoms with E-state index in [2.05, 4.69) is 21.5 Å². The van der Waals surface area contributed by atoms with Crippen LogP contribution in [0.3, 0.4) is 0 Å². The van der Waals surface area contributed by atoms with Crippen LogP contribution in [0, 0.1) is 34.0 Å². The molecule has 0 radical (unpaired) electrons. The summed E-state index contributed by atoms with van der Waals surface area (Å²) in [7, 11) is 0. The van der Waals surface area contributed by atoms with Gasteiger partial charge in [-0.15, -0.1) is 0 Å². The summed E-state index contributed by atoms with van der Waals surface area (Å²) in [6.07, 6.45) is 3.48. The first-order valence-electron chi connectivity index (χ1n) is 6.71. The zero-order valence-corrected chi connectivity index (χ0v) is 11.5. The van der Waals surface area contributed by atoms with Gasteiger partial charge in [0.1, 0.15) is 12.1 Å². The first-order valence-corrected chi connectivity index (χ1v) is 6.71. The fraction of sp³-hybridized carbons (Fsp3) is 0.333. The minimum Gasteiger partial charge on any atom is -0.370 e. The van der Waals surface area contributed by atoms with Gasteiger partial charge in [0.15, 0.2) is 0 Å². The number of piperidine rings is 1. The van der Waals surface area contributed by atoms with Crippen LogP contribution >= 0.6 is 0 Å². The molecule has 6 nitrogen and oxygen atoms in total. The molecule has 1 N–H and O–H groups in total. The number of nitriles is 3. The monoisotopic (exact) mass is 278 g/mol. The van der Waals surface area contributed by atoms with Crippen molar-refractivity contribution in [2.45, 2.75) is 19.3 Å². The number of hydrogen-bond donors (Lipinski definition) is 1. The van der Waals surface area contributed by atoms with Crippen molar-refractivity contribution >= 4 is 17.1 Å². The molecule has 1 aromatic carbocycles. The van der Waals surface area contributed by atoms with E-state index in [9.17, 15) is 0 Å². The first kappa shape index (κ1) is 14.4. The van der Waals surface area contributed by atoms with Crippen LogP contribution in [0.15, 0.2) is 23.3 Å². The van der Waals surface area contributed by atoms with E-state index < -0.39 is 0 Å². The minimum absolute atomic E-state index is 0.248. The molecular formula is C15H14N6. The van der Waals surface area contributed by atoms with Crippen LogP contribution in [0.25, 0.3) is 0 Å². The lowest BCUT2D eigenvalue weighted by atomic mass is 10.1. The summed E-state index contributed by atoms with van der Waals surface area (Å²) in [6.45, 7) is 1.90. The Kier molecular flexibility index (Phi) is 4.75. The van der Waals surface area contributed by atoms with Crippen molar-refractivity contribution in [3.8, 4) is 18.2 Å². The van der Waals surface area contributed by atoms with Crippen molar-refractivity contribution in [2.75, 3.05) is 23.4 Å². The lowest BCUT2D eigenvalue weighted by Gasteiger charge is -2.30. The maximum Gasteiger partial charge on any atom is 0.237 e. The Morgan fingerprint density at radius 3 is 2.43 bits per heavy atom. The third-order valence-electron chi connectivity index (χ3n) is 3.32. The van der Waals surface area contributed by atoms with Gasteiger partial charge >= 0.3 is 0 Å². The fourth-order valence-corrected chi connectivity index (χ4v) is 2.30. The highest BCUT2D eigenvalue weighted by Crippen LogP contribution is 2.29. The molecule has 0 aliphatic carbocycles. The number of hydrazone groups is 1. The summed E-state index contributed by atoms with van der Waals surface area (Å²) in [5.41, 5.74) is 4.57. The summed E-state index contributed by atoms with van der Waals surface area (Å²) in [5.74, 6) is 0. The molecule has 1 aliphatic rings.